The fourth-order valence-corrected chi connectivity index (χ4v) is 2.06. The summed E-state index contributed by atoms with van der Waals surface area (Å²) in [5.41, 5.74) is 0. The molecule has 1 rings (SSSR count). The first-order chi connectivity index (χ1) is 7.77. The standard InChI is InChI=1S/C12H22O4/c1-14-9-5-8-12(13)16-11-7-4-3-6-10(11)15-2/h10-11H,3-9H2,1-2H3. The number of hydrogen-bond acceptors (Lipinski definition) is 4. The number of rotatable bonds is 6. The van der Waals surface area contributed by atoms with E-state index in [-0.39, 0.29) is 18.2 Å². The molecule has 2 atom stereocenters. The van der Waals surface area contributed by atoms with Gasteiger partial charge in [-0.1, -0.05) is 6.42 Å². The van der Waals surface area contributed by atoms with Gasteiger partial charge in [0.1, 0.15) is 6.10 Å². The first-order valence-electron chi connectivity index (χ1n) is 5.99. The van der Waals surface area contributed by atoms with Crippen molar-refractivity contribution >= 4 is 5.97 Å². The van der Waals surface area contributed by atoms with Crippen LogP contribution in [-0.2, 0) is 19.0 Å². The number of esters is 1. The number of carbonyl (C=O) groups excluding carboxylic acids is 1. The molecular weight excluding hydrogens is 208 g/mol. The van der Waals surface area contributed by atoms with Crippen LogP contribution in [0, 0.1) is 0 Å². The van der Waals surface area contributed by atoms with Gasteiger partial charge >= 0.3 is 5.97 Å². The fraction of sp³-hybridized carbons (Fsp3) is 0.917. The number of ether oxygens (including phenoxy) is 3. The second-order valence-corrected chi connectivity index (χ2v) is 4.18. The lowest BCUT2D eigenvalue weighted by molar-refractivity contribution is -0.159. The first kappa shape index (κ1) is 13.5. The summed E-state index contributed by atoms with van der Waals surface area (Å²) in [6.07, 6.45) is 5.39. The van der Waals surface area contributed by atoms with Gasteiger partial charge in [0.25, 0.3) is 0 Å². The predicted molar refractivity (Wildman–Crippen MR) is 60.3 cm³/mol. The van der Waals surface area contributed by atoms with Gasteiger partial charge in [-0.3, -0.25) is 4.79 Å². The van der Waals surface area contributed by atoms with Crippen molar-refractivity contribution in [1.29, 1.82) is 0 Å². The molecule has 1 fully saturated rings. The third-order valence-electron chi connectivity index (χ3n) is 2.96. The predicted octanol–water partition coefficient (Wildman–Crippen LogP) is 1.91. The molecule has 0 amide bonds. The SMILES string of the molecule is COCCCC(=O)OC1CCCCC1OC. The Hall–Kier alpha value is -0.610. The molecule has 1 aliphatic carbocycles. The normalized spacial score (nSPS) is 25.4. The molecule has 0 N–H and O–H groups in total. The molecule has 0 bridgehead atoms. The molecule has 4 heteroatoms. The highest BCUT2D eigenvalue weighted by Gasteiger charge is 2.27. The Morgan fingerprint density at radius 2 is 1.88 bits per heavy atom. The molecule has 1 saturated carbocycles. The van der Waals surface area contributed by atoms with Gasteiger partial charge in [-0.2, -0.15) is 0 Å². The van der Waals surface area contributed by atoms with E-state index < -0.39 is 0 Å². The minimum absolute atomic E-state index is 0.0474. The number of hydrogen-bond donors (Lipinski definition) is 0. The summed E-state index contributed by atoms with van der Waals surface area (Å²) in [6, 6.07) is 0. The lowest BCUT2D eigenvalue weighted by Crippen LogP contribution is -2.35. The summed E-state index contributed by atoms with van der Waals surface area (Å²) in [6.45, 7) is 0.605. The van der Waals surface area contributed by atoms with E-state index in [0.29, 0.717) is 13.0 Å². The summed E-state index contributed by atoms with van der Waals surface area (Å²) in [5.74, 6) is -0.133. The van der Waals surface area contributed by atoms with Crippen molar-refractivity contribution in [2.45, 2.75) is 50.7 Å². The van der Waals surface area contributed by atoms with E-state index in [1.54, 1.807) is 14.2 Å². The topological polar surface area (TPSA) is 44.8 Å². The Morgan fingerprint density at radius 3 is 2.50 bits per heavy atom. The Balaban J connectivity index is 2.25. The van der Waals surface area contributed by atoms with Gasteiger partial charge in [0.05, 0.1) is 6.10 Å². The Bertz CT molecular complexity index is 205. The van der Waals surface area contributed by atoms with Gasteiger partial charge in [0.2, 0.25) is 0 Å². The van der Waals surface area contributed by atoms with Gasteiger partial charge in [-0.05, 0) is 25.7 Å². The second kappa shape index (κ2) is 7.63. The van der Waals surface area contributed by atoms with Gasteiger partial charge in [-0.25, -0.2) is 0 Å². The summed E-state index contributed by atoms with van der Waals surface area (Å²) in [4.78, 5) is 11.5. The van der Waals surface area contributed by atoms with Crippen LogP contribution in [-0.4, -0.2) is 39.0 Å². The van der Waals surface area contributed by atoms with Crippen LogP contribution < -0.4 is 0 Å². The molecule has 0 saturated heterocycles. The zero-order valence-corrected chi connectivity index (χ0v) is 10.2. The molecule has 0 aromatic carbocycles. The van der Waals surface area contributed by atoms with E-state index in [9.17, 15) is 4.79 Å². The highest BCUT2D eigenvalue weighted by molar-refractivity contribution is 5.69. The van der Waals surface area contributed by atoms with Gasteiger partial charge in [0.15, 0.2) is 0 Å². The molecular formula is C12H22O4. The van der Waals surface area contributed by atoms with Crippen molar-refractivity contribution in [2.24, 2.45) is 0 Å². The van der Waals surface area contributed by atoms with E-state index in [4.69, 9.17) is 14.2 Å². The minimum Gasteiger partial charge on any atom is -0.460 e. The Kier molecular flexibility index (Phi) is 6.42. The van der Waals surface area contributed by atoms with Crippen LogP contribution in [0.3, 0.4) is 0 Å². The molecule has 2 unspecified atom stereocenters. The van der Waals surface area contributed by atoms with E-state index in [1.165, 1.54) is 0 Å². The Labute approximate surface area is 97.2 Å². The highest BCUT2D eigenvalue weighted by atomic mass is 16.6. The van der Waals surface area contributed by atoms with Crippen LogP contribution in [0.5, 0.6) is 0 Å². The molecule has 94 valence electrons. The van der Waals surface area contributed by atoms with Crippen molar-refractivity contribution in [3.05, 3.63) is 0 Å². The van der Waals surface area contributed by atoms with Crippen molar-refractivity contribution in [3.63, 3.8) is 0 Å². The third kappa shape index (κ3) is 4.49. The zero-order chi connectivity index (χ0) is 11.8. The molecule has 16 heavy (non-hydrogen) atoms. The molecule has 0 aliphatic heterocycles. The molecule has 1 aliphatic rings. The molecule has 4 nitrogen and oxygen atoms in total. The minimum atomic E-state index is -0.133. The van der Waals surface area contributed by atoms with Crippen LogP contribution in [0.1, 0.15) is 38.5 Å². The van der Waals surface area contributed by atoms with Crippen LogP contribution >= 0.6 is 0 Å². The van der Waals surface area contributed by atoms with Gasteiger partial charge in [0, 0.05) is 27.2 Å². The first-order valence-corrected chi connectivity index (χ1v) is 5.99. The maximum Gasteiger partial charge on any atom is 0.306 e. The molecule has 0 spiro atoms. The van der Waals surface area contributed by atoms with Crippen molar-refractivity contribution in [2.75, 3.05) is 20.8 Å². The summed E-state index contributed by atoms with van der Waals surface area (Å²) >= 11 is 0. The summed E-state index contributed by atoms with van der Waals surface area (Å²) in [7, 11) is 3.31. The van der Waals surface area contributed by atoms with Gasteiger partial charge in [-0.15, -0.1) is 0 Å². The zero-order valence-electron chi connectivity index (χ0n) is 10.2. The molecule has 0 radical (unpaired) electrons. The highest BCUT2D eigenvalue weighted by Crippen LogP contribution is 2.23. The summed E-state index contributed by atoms with van der Waals surface area (Å²) < 4.78 is 15.6. The monoisotopic (exact) mass is 230 g/mol. The van der Waals surface area contributed by atoms with E-state index in [2.05, 4.69) is 0 Å². The lowest BCUT2D eigenvalue weighted by Gasteiger charge is -2.29. The summed E-state index contributed by atoms with van der Waals surface area (Å²) in [5, 5.41) is 0. The smallest absolute Gasteiger partial charge is 0.306 e. The van der Waals surface area contributed by atoms with E-state index in [1.807, 2.05) is 0 Å². The van der Waals surface area contributed by atoms with E-state index >= 15 is 0 Å². The average molecular weight is 230 g/mol. The van der Waals surface area contributed by atoms with Crippen LogP contribution in [0.2, 0.25) is 0 Å². The van der Waals surface area contributed by atoms with Crippen LogP contribution in [0.15, 0.2) is 0 Å². The van der Waals surface area contributed by atoms with Crippen molar-refractivity contribution in [3.8, 4) is 0 Å². The van der Waals surface area contributed by atoms with Gasteiger partial charge < -0.3 is 14.2 Å². The Morgan fingerprint density at radius 1 is 1.19 bits per heavy atom. The van der Waals surface area contributed by atoms with Crippen LogP contribution in [0.4, 0.5) is 0 Å². The number of methoxy groups -OCH3 is 2. The lowest BCUT2D eigenvalue weighted by atomic mass is 9.94. The third-order valence-corrected chi connectivity index (χ3v) is 2.96. The van der Waals surface area contributed by atoms with Crippen molar-refractivity contribution < 1.29 is 19.0 Å². The molecule has 0 aromatic rings. The van der Waals surface area contributed by atoms with E-state index in [0.717, 1.165) is 32.1 Å². The van der Waals surface area contributed by atoms with Crippen LogP contribution in [0.25, 0.3) is 0 Å². The second-order valence-electron chi connectivity index (χ2n) is 4.18. The largest absolute Gasteiger partial charge is 0.460 e. The number of carbonyl (C=O) groups is 1. The maximum atomic E-state index is 11.5. The van der Waals surface area contributed by atoms with Crippen molar-refractivity contribution in [1.82, 2.24) is 0 Å². The maximum absolute atomic E-state index is 11.5. The average Bonchev–Trinajstić information content (AvgIpc) is 2.30. The fourth-order valence-electron chi connectivity index (χ4n) is 2.06. The molecule has 0 heterocycles. The quantitative estimate of drug-likeness (QED) is 0.516. The molecule has 0 aromatic heterocycles.